The summed E-state index contributed by atoms with van der Waals surface area (Å²) in [5, 5.41) is 8.37. The topological polar surface area (TPSA) is 96.0 Å². The van der Waals surface area contributed by atoms with Gasteiger partial charge >= 0.3 is 0 Å². The molecule has 1 atom stereocenters. The number of anilines is 1. The first-order valence-electron chi connectivity index (χ1n) is 6.35. The fourth-order valence-corrected chi connectivity index (χ4v) is 1.88. The fourth-order valence-electron chi connectivity index (χ4n) is 1.88. The SMILES string of the molecule is CCNc1cncc(C(=O)NC2CCCNC2=O)n1. The summed E-state index contributed by atoms with van der Waals surface area (Å²) in [5.41, 5.74) is 0.205. The number of piperidine rings is 1. The Hall–Kier alpha value is -2.18. The van der Waals surface area contributed by atoms with Crippen LogP contribution < -0.4 is 16.0 Å². The van der Waals surface area contributed by atoms with Crippen LogP contribution in [0.25, 0.3) is 0 Å². The van der Waals surface area contributed by atoms with Crippen LogP contribution >= 0.6 is 0 Å². The Balaban J connectivity index is 2.02. The van der Waals surface area contributed by atoms with Gasteiger partial charge in [0.25, 0.3) is 5.91 Å². The minimum atomic E-state index is -0.481. The smallest absolute Gasteiger partial charge is 0.272 e. The molecule has 19 heavy (non-hydrogen) atoms. The molecule has 102 valence electrons. The van der Waals surface area contributed by atoms with E-state index in [0.717, 1.165) is 6.42 Å². The highest BCUT2D eigenvalue weighted by Crippen LogP contribution is 2.06. The van der Waals surface area contributed by atoms with Gasteiger partial charge in [-0.15, -0.1) is 0 Å². The van der Waals surface area contributed by atoms with Crippen LogP contribution in [0.1, 0.15) is 30.3 Å². The number of carbonyl (C=O) groups excluding carboxylic acids is 2. The van der Waals surface area contributed by atoms with Crippen LogP contribution in [0.15, 0.2) is 12.4 Å². The Kier molecular flexibility index (Phi) is 4.27. The van der Waals surface area contributed by atoms with E-state index in [1.54, 1.807) is 6.20 Å². The number of carbonyl (C=O) groups is 2. The lowest BCUT2D eigenvalue weighted by Gasteiger charge is -2.22. The molecule has 1 aromatic rings. The molecule has 2 heterocycles. The number of hydrogen-bond donors (Lipinski definition) is 3. The highest BCUT2D eigenvalue weighted by molar-refractivity contribution is 5.96. The maximum atomic E-state index is 12.0. The highest BCUT2D eigenvalue weighted by Gasteiger charge is 2.24. The van der Waals surface area contributed by atoms with Crippen molar-refractivity contribution in [3.05, 3.63) is 18.1 Å². The van der Waals surface area contributed by atoms with E-state index in [1.165, 1.54) is 6.20 Å². The lowest BCUT2D eigenvalue weighted by molar-refractivity contribution is -0.124. The molecule has 1 unspecified atom stereocenters. The van der Waals surface area contributed by atoms with Crippen LogP contribution in [0, 0.1) is 0 Å². The van der Waals surface area contributed by atoms with E-state index in [2.05, 4.69) is 25.9 Å². The zero-order valence-electron chi connectivity index (χ0n) is 10.8. The predicted octanol–water partition coefficient (Wildman–Crippen LogP) is -0.0832. The first-order valence-corrected chi connectivity index (χ1v) is 6.35. The lowest BCUT2D eigenvalue weighted by Crippen LogP contribution is -2.50. The Morgan fingerprint density at radius 1 is 1.53 bits per heavy atom. The van der Waals surface area contributed by atoms with Crippen molar-refractivity contribution in [2.24, 2.45) is 0 Å². The molecule has 0 radical (unpaired) electrons. The van der Waals surface area contributed by atoms with Crippen molar-refractivity contribution in [1.29, 1.82) is 0 Å². The minimum Gasteiger partial charge on any atom is -0.369 e. The maximum Gasteiger partial charge on any atom is 0.272 e. The summed E-state index contributed by atoms with van der Waals surface area (Å²) in [4.78, 5) is 31.6. The molecule has 0 saturated carbocycles. The molecular weight excluding hydrogens is 246 g/mol. The Morgan fingerprint density at radius 2 is 2.37 bits per heavy atom. The minimum absolute atomic E-state index is 0.143. The van der Waals surface area contributed by atoms with Crippen LogP contribution in [0.3, 0.4) is 0 Å². The van der Waals surface area contributed by atoms with E-state index in [-0.39, 0.29) is 17.5 Å². The van der Waals surface area contributed by atoms with E-state index in [9.17, 15) is 9.59 Å². The van der Waals surface area contributed by atoms with Gasteiger partial charge in [-0.2, -0.15) is 0 Å². The maximum absolute atomic E-state index is 12.0. The molecule has 7 nitrogen and oxygen atoms in total. The largest absolute Gasteiger partial charge is 0.369 e. The van der Waals surface area contributed by atoms with Gasteiger partial charge in [-0.05, 0) is 19.8 Å². The number of hydrogen-bond acceptors (Lipinski definition) is 5. The van der Waals surface area contributed by atoms with Crippen LogP contribution in [0.5, 0.6) is 0 Å². The second-order valence-corrected chi connectivity index (χ2v) is 4.28. The van der Waals surface area contributed by atoms with Gasteiger partial charge in [0.05, 0.1) is 12.4 Å². The molecule has 1 aliphatic heterocycles. The van der Waals surface area contributed by atoms with Gasteiger partial charge in [-0.25, -0.2) is 4.98 Å². The van der Waals surface area contributed by atoms with Crippen LogP contribution in [-0.2, 0) is 4.79 Å². The summed E-state index contributed by atoms with van der Waals surface area (Å²) >= 11 is 0. The van der Waals surface area contributed by atoms with Gasteiger partial charge in [0.2, 0.25) is 5.91 Å². The zero-order chi connectivity index (χ0) is 13.7. The average Bonchev–Trinajstić information content (AvgIpc) is 2.42. The van der Waals surface area contributed by atoms with Gasteiger partial charge in [0.1, 0.15) is 17.6 Å². The molecule has 0 aromatic carbocycles. The van der Waals surface area contributed by atoms with Gasteiger partial charge in [-0.3, -0.25) is 14.6 Å². The van der Waals surface area contributed by atoms with Crippen molar-refractivity contribution in [1.82, 2.24) is 20.6 Å². The highest BCUT2D eigenvalue weighted by atomic mass is 16.2. The van der Waals surface area contributed by atoms with Crippen molar-refractivity contribution in [2.45, 2.75) is 25.8 Å². The van der Waals surface area contributed by atoms with E-state index in [1.807, 2.05) is 6.92 Å². The zero-order valence-corrected chi connectivity index (χ0v) is 10.8. The van der Waals surface area contributed by atoms with Gasteiger partial charge in [0, 0.05) is 13.1 Å². The number of amides is 2. The predicted molar refractivity (Wildman–Crippen MR) is 69.7 cm³/mol. The number of rotatable bonds is 4. The molecule has 0 aliphatic carbocycles. The molecule has 7 heteroatoms. The second kappa shape index (κ2) is 6.12. The Morgan fingerprint density at radius 3 is 3.11 bits per heavy atom. The van der Waals surface area contributed by atoms with Crippen LogP contribution in [0.2, 0.25) is 0 Å². The summed E-state index contributed by atoms with van der Waals surface area (Å²) in [6.45, 7) is 3.30. The summed E-state index contributed by atoms with van der Waals surface area (Å²) < 4.78 is 0. The quantitative estimate of drug-likeness (QED) is 0.706. The lowest BCUT2D eigenvalue weighted by atomic mass is 10.1. The molecule has 1 aromatic heterocycles. The van der Waals surface area contributed by atoms with Crippen LogP contribution in [0.4, 0.5) is 5.82 Å². The van der Waals surface area contributed by atoms with Crippen molar-refractivity contribution < 1.29 is 9.59 Å². The van der Waals surface area contributed by atoms with Crippen molar-refractivity contribution in [3.63, 3.8) is 0 Å². The first kappa shape index (κ1) is 13.3. The number of nitrogens with zero attached hydrogens (tertiary/aromatic N) is 2. The van der Waals surface area contributed by atoms with E-state index < -0.39 is 6.04 Å². The molecule has 1 aliphatic rings. The monoisotopic (exact) mass is 263 g/mol. The number of nitrogens with one attached hydrogen (secondary N) is 3. The fraction of sp³-hybridized carbons (Fsp3) is 0.500. The second-order valence-electron chi connectivity index (χ2n) is 4.28. The normalized spacial score (nSPS) is 18.6. The molecule has 1 fully saturated rings. The van der Waals surface area contributed by atoms with Gasteiger partial charge in [-0.1, -0.05) is 0 Å². The third-order valence-electron chi connectivity index (χ3n) is 2.82. The average molecular weight is 263 g/mol. The molecule has 2 rings (SSSR count). The molecule has 2 amide bonds. The summed E-state index contributed by atoms with van der Waals surface area (Å²) in [6.07, 6.45) is 4.45. The van der Waals surface area contributed by atoms with Crippen molar-refractivity contribution in [3.8, 4) is 0 Å². The third-order valence-corrected chi connectivity index (χ3v) is 2.82. The van der Waals surface area contributed by atoms with E-state index in [4.69, 9.17) is 0 Å². The number of aromatic nitrogens is 2. The standard InChI is InChI=1S/C12H17N5O2/c1-2-14-10-7-13-6-9(16-10)12(19)17-8-4-3-5-15-11(8)18/h6-8H,2-5H2,1H3,(H,14,16)(H,15,18)(H,17,19). The van der Waals surface area contributed by atoms with E-state index >= 15 is 0 Å². The van der Waals surface area contributed by atoms with Crippen molar-refractivity contribution in [2.75, 3.05) is 18.4 Å². The molecular formula is C12H17N5O2. The van der Waals surface area contributed by atoms with Crippen LogP contribution in [-0.4, -0.2) is 40.9 Å². The Bertz CT molecular complexity index is 477. The third kappa shape index (κ3) is 3.40. The molecule has 1 saturated heterocycles. The first-order chi connectivity index (χ1) is 9.20. The summed E-state index contributed by atoms with van der Waals surface area (Å²) in [7, 11) is 0. The van der Waals surface area contributed by atoms with Crippen molar-refractivity contribution >= 4 is 17.6 Å². The Labute approximate surface area is 111 Å². The molecule has 3 N–H and O–H groups in total. The van der Waals surface area contributed by atoms with Gasteiger partial charge < -0.3 is 16.0 Å². The summed E-state index contributed by atoms with van der Waals surface area (Å²) in [6, 6.07) is -0.481. The molecule has 0 bridgehead atoms. The van der Waals surface area contributed by atoms with E-state index in [0.29, 0.717) is 25.3 Å². The molecule has 0 spiro atoms. The van der Waals surface area contributed by atoms with Gasteiger partial charge in [0.15, 0.2) is 0 Å². The summed E-state index contributed by atoms with van der Waals surface area (Å²) in [5.74, 6) is 0.0212.